The summed E-state index contributed by atoms with van der Waals surface area (Å²) in [4.78, 5) is 12.4. The molecule has 1 N–H and O–H groups in total. The molecule has 1 amide bonds. The van der Waals surface area contributed by atoms with Gasteiger partial charge in [-0.3, -0.25) is 4.79 Å². The van der Waals surface area contributed by atoms with Crippen LogP contribution in [-0.4, -0.2) is 20.7 Å². The highest BCUT2D eigenvalue weighted by Gasteiger charge is 2.30. The fourth-order valence-electron chi connectivity index (χ4n) is 2.65. The molecule has 25 heavy (non-hydrogen) atoms. The number of benzene rings is 1. The van der Waals surface area contributed by atoms with Gasteiger partial charge in [0.05, 0.1) is 10.7 Å². The van der Waals surface area contributed by atoms with Crippen LogP contribution >= 0.6 is 11.6 Å². The van der Waals surface area contributed by atoms with E-state index in [4.69, 9.17) is 16.0 Å². The van der Waals surface area contributed by atoms with Crippen LogP contribution in [0.1, 0.15) is 30.2 Å². The average molecular weight is 357 g/mol. The first-order valence-corrected chi connectivity index (χ1v) is 8.53. The number of amides is 1. The van der Waals surface area contributed by atoms with Crippen LogP contribution in [0.5, 0.6) is 0 Å². The maximum Gasteiger partial charge on any atom is 0.264 e. The molecule has 6 nitrogen and oxygen atoms in total. The zero-order valence-corrected chi connectivity index (χ0v) is 14.5. The number of carbonyl (C=O) groups is 1. The summed E-state index contributed by atoms with van der Waals surface area (Å²) >= 11 is 6.17. The van der Waals surface area contributed by atoms with E-state index in [1.807, 2.05) is 37.4 Å². The van der Waals surface area contributed by atoms with Crippen LogP contribution in [0.2, 0.25) is 5.02 Å². The molecule has 0 atom stereocenters. The fourth-order valence-corrected chi connectivity index (χ4v) is 2.93. The number of nitrogens with zero attached hydrogens (tertiary/aromatic N) is 3. The van der Waals surface area contributed by atoms with E-state index >= 15 is 0 Å². The third-order valence-corrected chi connectivity index (χ3v) is 4.44. The van der Waals surface area contributed by atoms with Gasteiger partial charge in [-0.1, -0.05) is 17.7 Å². The van der Waals surface area contributed by atoms with Crippen molar-refractivity contribution in [3.05, 3.63) is 53.0 Å². The molecule has 0 bridgehead atoms. The van der Waals surface area contributed by atoms with Crippen molar-refractivity contribution in [2.75, 3.05) is 5.32 Å². The summed E-state index contributed by atoms with van der Waals surface area (Å²) in [6, 6.07) is 9.22. The molecule has 2 heterocycles. The van der Waals surface area contributed by atoms with Gasteiger partial charge in [0, 0.05) is 12.1 Å². The normalized spacial score (nSPS) is 13.8. The minimum atomic E-state index is -0.176. The lowest BCUT2D eigenvalue weighted by atomic mass is 10.2. The van der Waals surface area contributed by atoms with Crippen molar-refractivity contribution in [1.29, 1.82) is 0 Å². The highest BCUT2D eigenvalue weighted by Crippen LogP contribution is 2.39. The molecule has 0 spiro atoms. The van der Waals surface area contributed by atoms with Crippen molar-refractivity contribution in [1.82, 2.24) is 14.8 Å². The van der Waals surface area contributed by atoms with Crippen LogP contribution < -0.4 is 5.32 Å². The summed E-state index contributed by atoms with van der Waals surface area (Å²) in [5, 5.41) is 11.5. The van der Waals surface area contributed by atoms with Gasteiger partial charge in [-0.25, -0.2) is 0 Å². The topological polar surface area (TPSA) is 73.0 Å². The molecule has 7 heteroatoms. The molecule has 1 aromatic carbocycles. The summed E-state index contributed by atoms with van der Waals surface area (Å²) in [5.74, 6) is 1.34. The summed E-state index contributed by atoms with van der Waals surface area (Å²) in [5.41, 5.74) is 2.36. The van der Waals surface area contributed by atoms with Crippen LogP contribution in [0.3, 0.4) is 0 Å². The molecule has 3 aromatic rings. The van der Waals surface area contributed by atoms with Crippen LogP contribution in [0.4, 0.5) is 5.69 Å². The van der Waals surface area contributed by atoms with Crippen molar-refractivity contribution in [2.24, 2.45) is 0 Å². The van der Waals surface area contributed by atoms with Gasteiger partial charge in [0.25, 0.3) is 5.89 Å². The number of hydrogen-bond acceptors (Lipinski definition) is 4. The number of rotatable bonds is 5. The van der Waals surface area contributed by atoms with E-state index < -0.39 is 0 Å². The third kappa shape index (κ3) is 3.44. The zero-order valence-electron chi connectivity index (χ0n) is 13.7. The van der Waals surface area contributed by atoms with E-state index in [0.717, 1.165) is 24.1 Å². The molecule has 4 rings (SSSR count). The van der Waals surface area contributed by atoms with Gasteiger partial charge in [0.2, 0.25) is 11.8 Å². The molecule has 0 aliphatic heterocycles. The summed E-state index contributed by atoms with van der Waals surface area (Å²) in [7, 11) is 0. The van der Waals surface area contributed by atoms with E-state index in [-0.39, 0.29) is 12.5 Å². The first-order chi connectivity index (χ1) is 12.1. The van der Waals surface area contributed by atoms with E-state index in [2.05, 4.69) is 15.5 Å². The lowest BCUT2D eigenvalue weighted by Gasteiger charge is -2.10. The van der Waals surface area contributed by atoms with E-state index in [0.29, 0.717) is 28.4 Å². The van der Waals surface area contributed by atoms with Gasteiger partial charge in [-0.05, 0) is 49.6 Å². The van der Waals surface area contributed by atoms with E-state index in [9.17, 15) is 4.79 Å². The third-order valence-electron chi connectivity index (χ3n) is 4.13. The summed E-state index contributed by atoms with van der Waals surface area (Å²) in [6.07, 6.45) is 4.01. The highest BCUT2D eigenvalue weighted by molar-refractivity contribution is 6.33. The molecular weight excluding hydrogens is 340 g/mol. The molecule has 1 fully saturated rings. The number of aromatic nitrogens is 3. The second-order valence-corrected chi connectivity index (χ2v) is 6.68. The lowest BCUT2D eigenvalue weighted by molar-refractivity contribution is -0.116. The van der Waals surface area contributed by atoms with Crippen molar-refractivity contribution < 1.29 is 9.21 Å². The Labute approximate surface area is 149 Å². The van der Waals surface area contributed by atoms with Crippen LogP contribution in [0.15, 0.2) is 40.9 Å². The number of carbonyl (C=O) groups excluding carboxylic acids is 1. The van der Waals surface area contributed by atoms with Crippen molar-refractivity contribution in [2.45, 2.75) is 32.2 Å². The molecule has 1 aliphatic carbocycles. The average Bonchev–Trinajstić information content (AvgIpc) is 3.13. The molecule has 1 saturated carbocycles. The van der Waals surface area contributed by atoms with Crippen molar-refractivity contribution >= 4 is 23.2 Å². The molecule has 0 unspecified atom stereocenters. The number of aryl methyl sites for hydroxylation is 1. The van der Waals surface area contributed by atoms with Crippen LogP contribution in [0.25, 0.3) is 11.6 Å². The fraction of sp³-hybridized carbons (Fsp3) is 0.278. The smallest absolute Gasteiger partial charge is 0.264 e. The second kappa shape index (κ2) is 6.37. The standard InChI is InChI=1S/C18H17ClN4O2/c1-11-4-7-14(13(19)9-11)20-16(24)10-23-8-2-3-15(23)18-22-21-17(25-18)12-5-6-12/h2-4,7-9,12H,5-6,10H2,1H3,(H,20,24). The van der Waals surface area contributed by atoms with Gasteiger partial charge in [0.1, 0.15) is 12.2 Å². The van der Waals surface area contributed by atoms with Crippen molar-refractivity contribution in [3.63, 3.8) is 0 Å². The lowest BCUT2D eigenvalue weighted by Crippen LogP contribution is -2.19. The Morgan fingerprint density at radius 3 is 2.96 bits per heavy atom. The maximum absolute atomic E-state index is 12.4. The number of hydrogen-bond donors (Lipinski definition) is 1. The first-order valence-electron chi connectivity index (χ1n) is 8.15. The Kier molecular flexibility index (Phi) is 4.05. The Balaban J connectivity index is 1.49. The van der Waals surface area contributed by atoms with E-state index in [1.165, 1.54) is 0 Å². The summed E-state index contributed by atoms with van der Waals surface area (Å²) in [6.45, 7) is 2.08. The Bertz CT molecular complexity index is 927. The molecule has 0 saturated heterocycles. The van der Waals surface area contributed by atoms with Crippen LogP contribution in [0, 0.1) is 6.92 Å². The van der Waals surface area contributed by atoms with Gasteiger partial charge < -0.3 is 14.3 Å². The largest absolute Gasteiger partial charge is 0.419 e. The predicted molar refractivity (Wildman–Crippen MR) is 94.5 cm³/mol. The van der Waals surface area contributed by atoms with Crippen LogP contribution in [-0.2, 0) is 11.3 Å². The molecule has 1 aliphatic rings. The molecular formula is C18H17ClN4O2. The summed E-state index contributed by atoms with van der Waals surface area (Å²) < 4.78 is 7.51. The monoisotopic (exact) mass is 356 g/mol. The Morgan fingerprint density at radius 1 is 1.36 bits per heavy atom. The number of anilines is 1. The van der Waals surface area contributed by atoms with Gasteiger partial charge >= 0.3 is 0 Å². The number of halogens is 1. The Morgan fingerprint density at radius 2 is 2.20 bits per heavy atom. The Hall–Kier alpha value is -2.60. The maximum atomic E-state index is 12.4. The zero-order chi connectivity index (χ0) is 17.4. The van der Waals surface area contributed by atoms with E-state index in [1.54, 1.807) is 10.6 Å². The minimum absolute atomic E-state index is 0.133. The van der Waals surface area contributed by atoms with Gasteiger partial charge in [-0.2, -0.15) is 0 Å². The molecule has 128 valence electrons. The number of nitrogens with one attached hydrogen (secondary N) is 1. The highest BCUT2D eigenvalue weighted by atomic mass is 35.5. The molecule has 0 radical (unpaired) electrons. The van der Waals surface area contributed by atoms with Gasteiger partial charge in [-0.15, -0.1) is 10.2 Å². The predicted octanol–water partition coefficient (Wildman–Crippen LogP) is 4.02. The minimum Gasteiger partial charge on any atom is -0.419 e. The SMILES string of the molecule is Cc1ccc(NC(=O)Cn2cccc2-c2nnc(C3CC3)o2)c(Cl)c1. The van der Waals surface area contributed by atoms with Crippen molar-refractivity contribution in [3.8, 4) is 11.6 Å². The molecule has 2 aromatic heterocycles. The first kappa shape index (κ1) is 15.9. The quantitative estimate of drug-likeness (QED) is 0.749. The second-order valence-electron chi connectivity index (χ2n) is 6.27. The van der Waals surface area contributed by atoms with Gasteiger partial charge in [0.15, 0.2) is 0 Å².